The van der Waals surface area contributed by atoms with Crippen molar-refractivity contribution in [3.63, 3.8) is 0 Å². The molecule has 24 heavy (non-hydrogen) atoms. The Balaban J connectivity index is 1.81. The van der Waals surface area contributed by atoms with E-state index in [0.29, 0.717) is 30.1 Å². The molecule has 1 fully saturated rings. The predicted molar refractivity (Wildman–Crippen MR) is 90.5 cm³/mol. The van der Waals surface area contributed by atoms with Crippen molar-refractivity contribution in [2.75, 3.05) is 18.4 Å². The van der Waals surface area contributed by atoms with Crippen molar-refractivity contribution in [2.24, 2.45) is 0 Å². The lowest BCUT2D eigenvalue weighted by atomic mass is 10.2. The highest BCUT2D eigenvalue weighted by Crippen LogP contribution is 2.23. The first kappa shape index (κ1) is 16.7. The Hall–Kier alpha value is -2.12. The highest BCUT2D eigenvalue weighted by atomic mass is 32.2. The molecular formula is C17H20N2O4S. The maximum atomic E-state index is 12.7. The predicted octanol–water partition coefficient (Wildman–Crippen LogP) is 3.01. The van der Waals surface area contributed by atoms with Gasteiger partial charge in [0.25, 0.3) is 5.91 Å². The van der Waals surface area contributed by atoms with Crippen molar-refractivity contribution in [3.8, 4) is 0 Å². The first-order chi connectivity index (χ1) is 11.5. The van der Waals surface area contributed by atoms with Crippen LogP contribution in [-0.2, 0) is 10.0 Å². The quantitative estimate of drug-likeness (QED) is 0.921. The second kappa shape index (κ2) is 6.78. The summed E-state index contributed by atoms with van der Waals surface area (Å²) in [7, 11) is -3.52. The molecule has 6 nitrogen and oxygen atoms in total. The first-order valence-corrected chi connectivity index (χ1v) is 9.38. The van der Waals surface area contributed by atoms with Gasteiger partial charge in [0, 0.05) is 18.8 Å². The number of nitrogens with zero attached hydrogens (tertiary/aromatic N) is 1. The molecule has 2 heterocycles. The molecule has 1 N–H and O–H groups in total. The van der Waals surface area contributed by atoms with Gasteiger partial charge in [0.2, 0.25) is 10.0 Å². The fourth-order valence-corrected chi connectivity index (χ4v) is 4.37. The Morgan fingerprint density at radius 2 is 1.92 bits per heavy atom. The van der Waals surface area contributed by atoms with E-state index in [1.807, 2.05) is 0 Å². The summed E-state index contributed by atoms with van der Waals surface area (Å²) in [4.78, 5) is 12.4. The van der Waals surface area contributed by atoms with Gasteiger partial charge in [0.05, 0.1) is 16.7 Å². The summed E-state index contributed by atoms with van der Waals surface area (Å²) in [5.74, 6) is 0.193. The third-order valence-corrected chi connectivity index (χ3v) is 6.04. The van der Waals surface area contributed by atoms with E-state index in [9.17, 15) is 13.2 Å². The van der Waals surface area contributed by atoms with Gasteiger partial charge >= 0.3 is 0 Å². The van der Waals surface area contributed by atoms with Crippen LogP contribution in [0.4, 0.5) is 5.69 Å². The van der Waals surface area contributed by atoms with E-state index in [0.717, 1.165) is 19.3 Å². The molecule has 0 saturated carbocycles. The normalized spacial score (nSPS) is 16.0. The molecule has 0 radical (unpaired) electrons. The third kappa shape index (κ3) is 3.37. The lowest BCUT2D eigenvalue weighted by Crippen LogP contribution is -2.35. The molecule has 0 unspecified atom stereocenters. The van der Waals surface area contributed by atoms with Crippen molar-refractivity contribution >= 4 is 21.6 Å². The van der Waals surface area contributed by atoms with Gasteiger partial charge in [-0.05, 0) is 44.0 Å². The Bertz CT molecular complexity index is 836. The van der Waals surface area contributed by atoms with Crippen molar-refractivity contribution < 1.29 is 17.6 Å². The van der Waals surface area contributed by atoms with Gasteiger partial charge < -0.3 is 9.73 Å². The fourth-order valence-electron chi connectivity index (χ4n) is 2.81. The van der Waals surface area contributed by atoms with Crippen LogP contribution in [0.25, 0.3) is 0 Å². The van der Waals surface area contributed by atoms with Crippen molar-refractivity contribution in [3.05, 3.63) is 47.9 Å². The number of carbonyl (C=O) groups is 1. The molecule has 1 aliphatic heterocycles. The average molecular weight is 348 g/mol. The summed E-state index contributed by atoms with van der Waals surface area (Å²) < 4.78 is 32.0. The molecule has 2 aromatic rings. The highest BCUT2D eigenvalue weighted by Gasteiger charge is 2.26. The molecule has 1 aromatic heterocycles. The maximum Gasteiger partial charge on any atom is 0.259 e. The van der Waals surface area contributed by atoms with E-state index in [-0.39, 0.29) is 10.8 Å². The third-order valence-electron chi connectivity index (χ3n) is 4.15. The number of furan rings is 1. The lowest BCUT2D eigenvalue weighted by Gasteiger charge is -2.26. The summed E-state index contributed by atoms with van der Waals surface area (Å²) in [6.45, 7) is 2.80. The van der Waals surface area contributed by atoms with Crippen molar-refractivity contribution in [2.45, 2.75) is 31.1 Å². The van der Waals surface area contributed by atoms with E-state index >= 15 is 0 Å². The first-order valence-electron chi connectivity index (χ1n) is 7.94. The number of amides is 1. The van der Waals surface area contributed by atoms with Crippen LogP contribution in [-0.4, -0.2) is 31.7 Å². The average Bonchev–Trinajstić information content (AvgIpc) is 3.02. The van der Waals surface area contributed by atoms with Crippen LogP contribution in [0.2, 0.25) is 0 Å². The minimum atomic E-state index is -3.52. The van der Waals surface area contributed by atoms with Gasteiger partial charge in [-0.2, -0.15) is 4.31 Å². The van der Waals surface area contributed by atoms with Crippen LogP contribution in [0.3, 0.4) is 0 Å². The number of anilines is 1. The molecule has 0 aliphatic carbocycles. The molecule has 1 amide bonds. The Labute approximate surface area is 141 Å². The molecule has 0 spiro atoms. The molecule has 1 aliphatic rings. The smallest absolute Gasteiger partial charge is 0.259 e. The zero-order chi connectivity index (χ0) is 17.2. The largest absolute Gasteiger partial charge is 0.469 e. The van der Waals surface area contributed by atoms with Crippen LogP contribution >= 0.6 is 0 Å². The van der Waals surface area contributed by atoms with Gasteiger partial charge in [-0.3, -0.25) is 4.79 Å². The van der Waals surface area contributed by atoms with E-state index in [1.165, 1.54) is 16.6 Å². The number of hydrogen-bond acceptors (Lipinski definition) is 4. The Morgan fingerprint density at radius 1 is 1.17 bits per heavy atom. The van der Waals surface area contributed by atoms with Crippen molar-refractivity contribution in [1.82, 2.24) is 4.31 Å². The number of rotatable bonds is 4. The van der Waals surface area contributed by atoms with Crippen LogP contribution in [0.5, 0.6) is 0 Å². The number of benzene rings is 1. The molecule has 1 saturated heterocycles. The maximum absolute atomic E-state index is 12.7. The Kier molecular flexibility index (Phi) is 4.73. The van der Waals surface area contributed by atoms with Gasteiger partial charge in [-0.15, -0.1) is 0 Å². The molecule has 0 atom stereocenters. The fraction of sp³-hybridized carbons (Fsp3) is 0.353. The van der Waals surface area contributed by atoms with Gasteiger partial charge in [0.15, 0.2) is 0 Å². The summed E-state index contributed by atoms with van der Waals surface area (Å²) in [5, 5.41) is 2.72. The van der Waals surface area contributed by atoms with Gasteiger partial charge in [-0.1, -0.05) is 12.5 Å². The second-order valence-corrected chi connectivity index (χ2v) is 7.78. The lowest BCUT2D eigenvalue weighted by molar-refractivity contribution is 0.102. The summed E-state index contributed by atoms with van der Waals surface area (Å²) >= 11 is 0. The molecule has 7 heteroatoms. The SMILES string of the molecule is Cc1occc1C(=O)Nc1cccc(S(=O)(=O)N2CCCCC2)c1. The van der Waals surface area contributed by atoms with E-state index in [1.54, 1.807) is 31.2 Å². The zero-order valence-electron chi connectivity index (χ0n) is 13.5. The van der Waals surface area contributed by atoms with E-state index in [2.05, 4.69) is 5.32 Å². The number of sulfonamides is 1. The van der Waals surface area contributed by atoms with E-state index in [4.69, 9.17) is 4.42 Å². The summed E-state index contributed by atoms with van der Waals surface area (Å²) in [6, 6.07) is 7.94. The Morgan fingerprint density at radius 3 is 2.58 bits per heavy atom. The molecule has 1 aromatic carbocycles. The molecule has 3 rings (SSSR count). The molecule has 128 valence electrons. The summed E-state index contributed by atoms with van der Waals surface area (Å²) in [6.07, 6.45) is 4.28. The van der Waals surface area contributed by atoms with Gasteiger partial charge in [-0.25, -0.2) is 8.42 Å². The molecular weight excluding hydrogens is 328 g/mol. The number of nitrogens with one attached hydrogen (secondary N) is 1. The van der Waals surface area contributed by atoms with E-state index < -0.39 is 10.0 Å². The second-order valence-electron chi connectivity index (χ2n) is 5.84. The van der Waals surface area contributed by atoms with Crippen LogP contribution in [0, 0.1) is 6.92 Å². The summed E-state index contributed by atoms with van der Waals surface area (Å²) in [5.41, 5.74) is 0.873. The minimum absolute atomic E-state index is 0.200. The monoisotopic (exact) mass is 348 g/mol. The topological polar surface area (TPSA) is 79.6 Å². The highest BCUT2D eigenvalue weighted by molar-refractivity contribution is 7.89. The van der Waals surface area contributed by atoms with Crippen LogP contribution < -0.4 is 5.32 Å². The van der Waals surface area contributed by atoms with Crippen LogP contribution in [0.15, 0.2) is 45.9 Å². The number of hydrogen-bond donors (Lipinski definition) is 1. The van der Waals surface area contributed by atoms with Crippen molar-refractivity contribution in [1.29, 1.82) is 0 Å². The zero-order valence-corrected chi connectivity index (χ0v) is 14.3. The number of aryl methyl sites for hydroxylation is 1. The minimum Gasteiger partial charge on any atom is -0.469 e. The van der Waals surface area contributed by atoms with Gasteiger partial charge in [0.1, 0.15) is 5.76 Å². The standard InChI is InChI=1S/C17H20N2O4S/c1-13-16(8-11-23-13)17(20)18-14-6-5-7-15(12-14)24(21,22)19-9-3-2-4-10-19/h5-8,11-12H,2-4,9-10H2,1H3,(H,18,20). The number of carbonyl (C=O) groups excluding carboxylic acids is 1. The molecule has 0 bridgehead atoms. The van der Waals surface area contributed by atoms with Crippen LogP contribution in [0.1, 0.15) is 35.4 Å². The number of piperidine rings is 1.